The van der Waals surface area contributed by atoms with E-state index in [0.29, 0.717) is 17.3 Å². The van der Waals surface area contributed by atoms with Gasteiger partial charge in [-0.05, 0) is 37.3 Å². The number of aliphatic hydroxyl groups is 1. The number of pyridine rings is 1. The van der Waals surface area contributed by atoms with E-state index < -0.39 is 0 Å². The molecule has 1 aromatic rings. The van der Waals surface area contributed by atoms with Gasteiger partial charge in [0.05, 0.1) is 17.7 Å². The molecular weight excluding hydrogens is 238 g/mol. The number of nitrogens with one attached hydrogen (secondary N) is 1. The molecular formula is C15H21N3O. The van der Waals surface area contributed by atoms with Crippen LogP contribution in [0.15, 0.2) is 12.3 Å². The van der Waals surface area contributed by atoms with Crippen molar-refractivity contribution >= 4 is 5.82 Å². The molecule has 1 saturated carbocycles. The Morgan fingerprint density at radius 2 is 2.42 bits per heavy atom. The normalized spacial score (nSPS) is 26.7. The second kappa shape index (κ2) is 5.58. The molecule has 0 amide bonds. The molecule has 0 spiro atoms. The van der Waals surface area contributed by atoms with Crippen LogP contribution in [-0.2, 0) is 0 Å². The van der Waals surface area contributed by atoms with Gasteiger partial charge in [0.15, 0.2) is 0 Å². The van der Waals surface area contributed by atoms with Crippen molar-refractivity contribution in [3.05, 3.63) is 23.4 Å². The molecule has 4 nitrogen and oxygen atoms in total. The number of nitriles is 1. The minimum absolute atomic E-state index is 0.0812. The highest BCUT2D eigenvalue weighted by atomic mass is 16.3. The van der Waals surface area contributed by atoms with Gasteiger partial charge in [-0.3, -0.25) is 0 Å². The second-order valence-electron chi connectivity index (χ2n) is 5.73. The summed E-state index contributed by atoms with van der Waals surface area (Å²) in [4.78, 5) is 4.28. The van der Waals surface area contributed by atoms with Crippen molar-refractivity contribution in [2.45, 2.75) is 45.1 Å². The fraction of sp³-hybridized carbons (Fsp3) is 0.600. The largest absolute Gasteiger partial charge is 0.394 e. The molecule has 102 valence electrons. The number of aromatic nitrogens is 1. The molecule has 1 heterocycles. The van der Waals surface area contributed by atoms with Crippen LogP contribution in [0.4, 0.5) is 5.82 Å². The van der Waals surface area contributed by atoms with Gasteiger partial charge < -0.3 is 10.4 Å². The van der Waals surface area contributed by atoms with Crippen LogP contribution in [0.25, 0.3) is 0 Å². The summed E-state index contributed by atoms with van der Waals surface area (Å²) in [5.74, 6) is 1.19. The molecule has 1 aliphatic carbocycles. The number of rotatable bonds is 3. The van der Waals surface area contributed by atoms with Crippen LogP contribution in [0.2, 0.25) is 0 Å². The number of hydrogen-bond donors (Lipinski definition) is 2. The first-order valence-corrected chi connectivity index (χ1v) is 6.85. The summed E-state index contributed by atoms with van der Waals surface area (Å²) < 4.78 is 0. The molecule has 19 heavy (non-hydrogen) atoms. The van der Waals surface area contributed by atoms with Crippen LogP contribution < -0.4 is 5.32 Å². The van der Waals surface area contributed by atoms with Crippen molar-refractivity contribution in [2.75, 3.05) is 11.9 Å². The third kappa shape index (κ3) is 2.87. The Kier molecular flexibility index (Phi) is 4.06. The summed E-state index contributed by atoms with van der Waals surface area (Å²) in [7, 11) is 0. The SMILES string of the molecule is Cc1ccnc(NC2(CO)CCCC(C)C2)c1C#N. The zero-order chi connectivity index (χ0) is 13.9. The van der Waals surface area contributed by atoms with Crippen LogP contribution in [0, 0.1) is 24.2 Å². The third-order valence-corrected chi connectivity index (χ3v) is 4.05. The minimum atomic E-state index is -0.329. The smallest absolute Gasteiger partial charge is 0.144 e. The van der Waals surface area contributed by atoms with E-state index in [1.54, 1.807) is 6.20 Å². The fourth-order valence-corrected chi connectivity index (χ4v) is 3.00. The topological polar surface area (TPSA) is 68.9 Å². The lowest BCUT2D eigenvalue weighted by atomic mass is 9.76. The van der Waals surface area contributed by atoms with E-state index in [1.165, 1.54) is 6.42 Å². The molecule has 2 atom stereocenters. The molecule has 2 unspecified atom stereocenters. The summed E-state index contributed by atoms with van der Waals surface area (Å²) in [6.45, 7) is 4.19. The Balaban J connectivity index is 2.28. The first-order chi connectivity index (χ1) is 9.10. The molecule has 0 aromatic carbocycles. The van der Waals surface area contributed by atoms with Gasteiger partial charge in [-0.1, -0.05) is 19.8 Å². The Morgan fingerprint density at radius 1 is 1.63 bits per heavy atom. The van der Waals surface area contributed by atoms with Gasteiger partial charge in [0, 0.05) is 6.20 Å². The molecule has 0 bridgehead atoms. The van der Waals surface area contributed by atoms with E-state index in [1.807, 2.05) is 13.0 Å². The fourth-order valence-electron chi connectivity index (χ4n) is 3.00. The summed E-state index contributed by atoms with van der Waals surface area (Å²) in [5.41, 5.74) is 1.16. The van der Waals surface area contributed by atoms with Gasteiger partial charge in [0.1, 0.15) is 11.9 Å². The van der Waals surface area contributed by atoms with Crippen molar-refractivity contribution in [3.63, 3.8) is 0 Å². The van der Waals surface area contributed by atoms with Crippen LogP contribution in [0.1, 0.15) is 43.7 Å². The predicted octanol–water partition coefficient (Wildman–Crippen LogP) is 2.61. The van der Waals surface area contributed by atoms with E-state index >= 15 is 0 Å². The molecule has 0 aliphatic heterocycles. The van der Waals surface area contributed by atoms with E-state index in [4.69, 9.17) is 0 Å². The molecule has 0 saturated heterocycles. The van der Waals surface area contributed by atoms with Crippen molar-refractivity contribution in [3.8, 4) is 6.07 Å². The summed E-state index contributed by atoms with van der Waals surface area (Å²) in [5, 5.41) is 22.4. The van der Waals surface area contributed by atoms with Gasteiger partial charge in [-0.2, -0.15) is 5.26 Å². The highest BCUT2D eigenvalue weighted by molar-refractivity contribution is 5.56. The molecule has 0 radical (unpaired) electrons. The van der Waals surface area contributed by atoms with Crippen LogP contribution >= 0.6 is 0 Å². The van der Waals surface area contributed by atoms with Gasteiger partial charge >= 0.3 is 0 Å². The van der Waals surface area contributed by atoms with Crippen molar-refractivity contribution in [2.24, 2.45) is 5.92 Å². The highest BCUT2D eigenvalue weighted by Gasteiger charge is 2.35. The van der Waals surface area contributed by atoms with Crippen LogP contribution in [0.3, 0.4) is 0 Å². The summed E-state index contributed by atoms with van der Waals surface area (Å²) >= 11 is 0. The zero-order valence-corrected chi connectivity index (χ0v) is 11.6. The van der Waals surface area contributed by atoms with Crippen LogP contribution in [0.5, 0.6) is 0 Å². The minimum Gasteiger partial charge on any atom is -0.394 e. The number of anilines is 1. The first-order valence-electron chi connectivity index (χ1n) is 6.85. The standard InChI is InChI=1S/C15H21N3O/c1-11-4-3-6-15(8-11,10-19)18-14-13(9-16)12(2)5-7-17-14/h5,7,11,19H,3-4,6,8,10H2,1-2H3,(H,17,18). The van der Waals surface area contributed by atoms with Gasteiger partial charge in [-0.15, -0.1) is 0 Å². The van der Waals surface area contributed by atoms with Crippen molar-refractivity contribution in [1.29, 1.82) is 5.26 Å². The maximum absolute atomic E-state index is 9.78. The molecule has 1 fully saturated rings. The number of hydrogen-bond acceptors (Lipinski definition) is 4. The maximum Gasteiger partial charge on any atom is 0.144 e. The Bertz CT molecular complexity index is 495. The van der Waals surface area contributed by atoms with Crippen LogP contribution in [-0.4, -0.2) is 22.2 Å². The average Bonchev–Trinajstić information content (AvgIpc) is 2.39. The number of aryl methyl sites for hydroxylation is 1. The average molecular weight is 259 g/mol. The molecule has 2 rings (SSSR count). The summed E-state index contributed by atoms with van der Waals surface area (Å²) in [6, 6.07) is 4.03. The molecule has 4 heteroatoms. The number of nitrogens with zero attached hydrogens (tertiary/aromatic N) is 2. The van der Waals surface area contributed by atoms with E-state index in [2.05, 4.69) is 23.3 Å². The Morgan fingerprint density at radius 3 is 3.05 bits per heavy atom. The maximum atomic E-state index is 9.78. The lowest BCUT2D eigenvalue weighted by molar-refractivity contribution is 0.149. The second-order valence-corrected chi connectivity index (χ2v) is 5.73. The monoisotopic (exact) mass is 259 g/mol. The highest BCUT2D eigenvalue weighted by Crippen LogP contribution is 2.35. The van der Waals surface area contributed by atoms with Gasteiger partial charge in [0.2, 0.25) is 0 Å². The van der Waals surface area contributed by atoms with E-state index in [-0.39, 0.29) is 12.1 Å². The van der Waals surface area contributed by atoms with E-state index in [9.17, 15) is 10.4 Å². The molecule has 2 N–H and O–H groups in total. The lowest BCUT2D eigenvalue weighted by Crippen LogP contribution is -2.46. The Labute approximate surface area is 114 Å². The van der Waals surface area contributed by atoms with E-state index in [0.717, 1.165) is 24.8 Å². The van der Waals surface area contributed by atoms with Gasteiger partial charge in [-0.25, -0.2) is 4.98 Å². The molecule has 1 aliphatic rings. The predicted molar refractivity (Wildman–Crippen MR) is 74.8 cm³/mol. The first kappa shape index (κ1) is 13.8. The number of aliphatic hydroxyl groups excluding tert-OH is 1. The van der Waals surface area contributed by atoms with Gasteiger partial charge in [0.25, 0.3) is 0 Å². The van der Waals surface area contributed by atoms with Crippen molar-refractivity contribution < 1.29 is 5.11 Å². The Hall–Kier alpha value is -1.60. The quantitative estimate of drug-likeness (QED) is 0.875. The lowest BCUT2D eigenvalue weighted by Gasteiger charge is -2.40. The zero-order valence-electron chi connectivity index (χ0n) is 11.6. The molecule has 1 aromatic heterocycles. The summed E-state index contributed by atoms with van der Waals surface area (Å²) in [6.07, 6.45) is 5.85. The third-order valence-electron chi connectivity index (χ3n) is 4.05. The van der Waals surface area contributed by atoms with Crippen molar-refractivity contribution in [1.82, 2.24) is 4.98 Å².